The Morgan fingerprint density at radius 1 is 1.20 bits per heavy atom. The van der Waals surface area contributed by atoms with Crippen molar-refractivity contribution in [3.05, 3.63) is 0 Å². The third kappa shape index (κ3) is 20.1. The average Bonchev–Trinajstić information content (AvgIpc) is 2.36. The van der Waals surface area contributed by atoms with Gasteiger partial charge < -0.3 is 19.5 Å². The maximum atomic E-state index is 9.22. The molecule has 0 rings (SSSR count). The summed E-state index contributed by atoms with van der Waals surface area (Å²) >= 11 is 0. The summed E-state index contributed by atoms with van der Waals surface area (Å²) in [4.78, 5) is 0. The molecule has 0 amide bonds. The Morgan fingerprint density at radius 2 is 1.75 bits per heavy atom. The van der Waals surface area contributed by atoms with E-state index in [9.17, 15) is 13.0 Å². The lowest BCUT2D eigenvalue weighted by molar-refractivity contribution is -0.909. The highest BCUT2D eigenvalue weighted by Gasteiger charge is 2.13. The van der Waals surface area contributed by atoms with Crippen LogP contribution in [0.1, 0.15) is 32.6 Å². The van der Waals surface area contributed by atoms with E-state index in [-0.39, 0.29) is 0 Å². The molecule has 0 aromatic rings. The second kappa shape index (κ2) is 12.5. The Balaban J connectivity index is 0. The Hall–Kier alpha value is -0.250. The molecule has 0 spiro atoms. The minimum atomic E-state index is -4.41. The summed E-state index contributed by atoms with van der Waals surface area (Å²) in [5.41, 5.74) is 5.48. The zero-order valence-corrected chi connectivity index (χ0v) is 13.9. The van der Waals surface area contributed by atoms with Crippen LogP contribution in [0.15, 0.2) is 0 Å². The SMILES string of the molecule is CCCCCOC[N+](C)(C)CCCN.COS(=O)(=O)[O-]. The second-order valence-corrected chi connectivity index (χ2v) is 6.27. The minimum absolute atomic E-state index is 0.775. The van der Waals surface area contributed by atoms with Crippen LogP contribution >= 0.6 is 0 Å². The Labute approximate surface area is 123 Å². The fraction of sp³-hybridized carbons (Fsp3) is 1.00. The number of unbranched alkanes of at least 4 members (excludes halogenated alkanes) is 2. The lowest BCUT2D eigenvalue weighted by Crippen LogP contribution is -2.43. The van der Waals surface area contributed by atoms with Gasteiger partial charge in [-0.15, -0.1) is 0 Å². The molecule has 8 heteroatoms. The molecule has 0 saturated carbocycles. The first kappa shape index (κ1) is 22.0. The summed E-state index contributed by atoms with van der Waals surface area (Å²) in [6, 6.07) is 0. The van der Waals surface area contributed by atoms with Crippen molar-refractivity contribution >= 4 is 10.4 Å². The van der Waals surface area contributed by atoms with Gasteiger partial charge in [0.2, 0.25) is 10.4 Å². The molecule has 0 aliphatic rings. The number of nitrogens with zero attached hydrogens (tertiary/aromatic N) is 1. The molecule has 0 radical (unpaired) electrons. The molecule has 0 heterocycles. The van der Waals surface area contributed by atoms with Crippen LogP contribution in [0.4, 0.5) is 0 Å². The molecule has 0 aliphatic heterocycles. The van der Waals surface area contributed by atoms with Gasteiger partial charge in [0, 0.05) is 6.42 Å². The number of hydrogen-bond acceptors (Lipinski definition) is 6. The quantitative estimate of drug-likeness (QED) is 0.209. The number of rotatable bonds is 10. The highest BCUT2D eigenvalue weighted by molar-refractivity contribution is 7.80. The Kier molecular flexibility index (Phi) is 13.8. The van der Waals surface area contributed by atoms with Crippen LogP contribution in [0.2, 0.25) is 0 Å². The third-order valence-corrected chi connectivity index (χ3v) is 2.91. The van der Waals surface area contributed by atoms with Crippen LogP contribution in [0.25, 0.3) is 0 Å². The second-order valence-electron chi connectivity index (χ2n) is 5.12. The van der Waals surface area contributed by atoms with Gasteiger partial charge in [-0.2, -0.15) is 0 Å². The van der Waals surface area contributed by atoms with Crippen molar-refractivity contribution in [2.45, 2.75) is 32.6 Å². The predicted molar refractivity (Wildman–Crippen MR) is 77.7 cm³/mol. The van der Waals surface area contributed by atoms with Gasteiger partial charge in [-0.1, -0.05) is 19.8 Å². The maximum Gasteiger partial charge on any atom is 0.217 e. The van der Waals surface area contributed by atoms with Crippen LogP contribution in [0.3, 0.4) is 0 Å². The lowest BCUT2D eigenvalue weighted by Gasteiger charge is -2.29. The van der Waals surface area contributed by atoms with Crippen molar-refractivity contribution in [2.24, 2.45) is 5.73 Å². The summed E-state index contributed by atoms with van der Waals surface area (Å²) in [6.45, 7) is 5.80. The van der Waals surface area contributed by atoms with Gasteiger partial charge >= 0.3 is 0 Å². The molecule has 7 nitrogen and oxygen atoms in total. The van der Waals surface area contributed by atoms with E-state index < -0.39 is 10.4 Å². The van der Waals surface area contributed by atoms with E-state index in [1.807, 2.05) is 0 Å². The molecular formula is C12H30N2O5S. The molecule has 0 saturated heterocycles. The molecule has 20 heavy (non-hydrogen) atoms. The molecular weight excluding hydrogens is 284 g/mol. The summed E-state index contributed by atoms with van der Waals surface area (Å²) in [7, 11) is 0.776. The summed E-state index contributed by atoms with van der Waals surface area (Å²) < 4.78 is 37.6. The molecule has 0 atom stereocenters. The van der Waals surface area contributed by atoms with E-state index >= 15 is 0 Å². The number of ether oxygens (including phenoxy) is 1. The number of hydrogen-bond donors (Lipinski definition) is 1. The van der Waals surface area contributed by atoms with E-state index in [4.69, 9.17) is 10.5 Å². The van der Waals surface area contributed by atoms with Crippen LogP contribution in [-0.4, -0.2) is 65.1 Å². The first-order chi connectivity index (χ1) is 9.18. The van der Waals surface area contributed by atoms with Crippen LogP contribution in [0, 0.1) is 0 Å². The smallest absolute Gasteiger partial charge is 0.217 e. The zero-order valence-electron chi connectivity index (χ0n) is 13.1. The highest BCUT2D eigenvalue weighted by atomic mass is 32.3. The van der Waals surface area contributed by atoms with Gasteiger partial charge in [0.1, 0.15) is 0 Å². The fourth-order valence-electron chi connectivity index (χ4n) is 1.35. The molecule has 124 valence electrons. The van der Waals surface area contributed by atoms with Crippen LogP contribution < -0.4 is 5.73 Å². The monoisotopic (exact) mass is 314 g/mol. The van der Waals surface area contributed by atoms with E-state index in [2.05, 4.69) is 25.2 Å². The van der Waals surface area contributed by atoms with E-state index in [0.717, 1.165) is 44.4 Å². The first-order valence-corrected chi connectivity index (χ1v) is 8.13. The van der Waals surface area contributed by atoms with Crippen LogP contribution in [0.5, 0.6) is 0 Å². The van der Waals surface area contributed by atoms with Crippen molar-refractivity contribution in [1.82, 2.24) is 0 Å². The molecule has 0 fully saturated rings. The average molecular weight is 314 g/mol. The Morgan fingerprint density at radius 3 is 2.15 bits per heavy atom. The summed E-state index contributed by atoms with van der Waals surface area (Å²) in [5, 5.41) is 0. The first-order valence-electron chi connectivity index (χ1n) is 6.79. The van der Waals surface area contributed by atoms with Gasteiger partial charge in [-0.25, -0.2) is 8.42 Å². The summed E-state index contributed by atoms with van der Waals surface area (Å²) in [5.74, 6) is 0. The molecule has 0 aliphatic carbocycles. The maximum absolute atomic E-state index is 9.22. The van der Waals surface area contributed by atoms with Gasteiger partial charge in [-0.05, 0) is 13.0 Å². The molecule has 2 N–H and O–H groups in total. The van der Waals surface area contributed by atoms with Gasteiger partial charge in [0.05, 0.1) is 34.4 Å². The number of quaternary nitrogens is 1. The molecule has 0 aromatic carbocycles. The topological polar surface area (TPSA) is 102 Å². The van der Waals surface area contributed by atoms with Crippen molar-refractivity contribution in [1.29, 1.82) is 0 Å². The Bertz CT molecular complexity index is 307. The molecule has 0 aromatic heterocycles. The van der Waals surface area contributed by atoms with E-state index in [1.165, 1.54) is 19.3 Å². The fourth-order valence-corrected chi connectivity index (χ4v) is 1.35. The van der Waals surface area contributed by atoms with E-state index in [0.29, 0.717) is 0 Å². The highest BCUT2D eigenvalue weighted by Crippen LogP contribution is 2.01. The number of nitrogens with two attached hydrogens (primary N) is 1. The minimum Gasteiger partial charge on any atom is -0.726 e. The zero-order chi connectivity index (χ0) is 16.1. The lowest BCUT2D eigenvalue weighted by atomic mass is 10.3. The van der Waals surface area contributed by atoms with Crippen LogP contribution in [-0.2, 0) is 19.3 Å². The normalized spacial score (nSPS) is 11.9. The largest absolute Gasteiger partial charge is 0.726 e. The van der Waals surface area contributed by atoms with Gasteiger partial charge in [-0.3, -0.25) is 4.18 Å². The molecule has 0 unspecified atom stereocenters. The van der Waals surface area contributed by atoms with Crippen molar-refractivity contribution in [2.75, 3.05) is 47.6 Å². The van der Waals surface area contributed by atoms with Crippen molar-refractivity contribution in [3.8, 4) is 0 Å². The van der Waals surface area contributed by atoms with Crippen molar-refractivity contribution < 1.29 is 26.4 Å². The van der Waals surface area contributed by atoms with Crippen molar-refractivity contribution in [3.63, 3.8) is 0 Å². The van der Waals surface area contributed by atoms with Gasteiger partial charge in [0.15, 0.2) is 6.73 Å². The van der Waals surface area contributed by atoms with E-state index in [1.54, 1.807) is 0 Å². The standard InChI is InChI=1S/C11H27N2O.CH4O4S/c1-4-5-6-10-14-11-13(2,3)9-7-8-12;1-5-6(2,3)4/h4-12H2,1-3H3;1H3,(H,2,3,4)/q+1;/p-1. The predicted octanol–water partition coefficient (Wildman–Crippen LogP) is 0.669. The van der Waals surface area contributed by atoms with Gasteiger partial charge in [0.25, 0.3) is 0 Å². The molecule has 0 bridgehead atoms. The third-order valence-electron chi connectivity index (χ3n) is 2.50. The summed E-state index contributed by atoms with van der Waals surface area (Å²) in [6.07, 6.45) is 4.80.